The van der Waals surface area contributed by atoms with Gasteiger partial charge in [0.2, 0.25) is 0 Å². The summed E-state index contributed by atoms with van der Waals surface area (Å²) in [6.45, 7) is 1.97. The van der Waals surface area contributed by atoms with Crippen molar-refractivity contribution >= 4 is 23.3 Å². The highest BCUT2D eigenvalue weighted by Gasteiger charge is 2.49. The maximum atomic E-state index is 13.2. The molecule has 1 aliphatic carbocycles. The number of nitrogens with one attached hydrogen (secondary N) is 1. The minimum Gasteiger partial charge on any atom is -0.319 e. The summed E-state index contributed by atoms with van der Waals surface area (Å²) in [6.07, 6.45) is 3.27. The van der Waals surface area contributed by atoms with Crippen LogP contribution in [0.1, 0.15) is 35.7 Å². The molecule has 1 saturated heterocycles. The summed E-state index contributed by atoms with van der Waals surface area (Å²) >= 11 is 1.52. The van der Waals surface area contributed by atoms with Crippen LogP contribution >= 0.6 is 11.3 Å². The number of aromatic nitrogens is 1. The standard InChI is InChI=1S/C23H21N3O2S/c1-23(18-11-10-15-8-5-9-17(15)12-18)21(27)26(22(28)25-23)13-19-14-29-20(24-19)16-6-3-2-4-7-16/h2-4,6-7,10-12,14H,5,8-9,13H2,1H3,(H,25,28). The summed E-state index contributed by atoms with van der Waals surface area (Å²) in [5, 5.41) is 5.70. The Bertz CT molecular complexity index is 1110. The van der Waals surface area contributed by atoms with E-state index in [-0.39, 0.29) is 18.5 Å². The van der Waals surface area contributed by atoms with Gasteiger partial charge in [-0.3, -0.25) is 9.69 Å². The first kappa shape index (κ1) is 18.1. The van der Waals surface area contributed by atoms with Crippen molar-refractivity contribution in [1.82, 2.24) is 15.2 Å². The van der Waals surface area contributed by atoms with Gasteiger partial charge in [0.15, 0.2) is 0 Å². The Kier molecular flexibility index (Phi) is 4.24. The van der Waals surface area contributed by atoms with Crippen molar-refractivity contribution in [3.63, 3.8) is 0 Å². The van der Waals surface area contributed by atoms with Crippen LogP contribution in [0.15, 0.2) is 53.9 Å². The van der Waals surface area contributed by atoms with E-state index in [9.17, 15) is 9.59 Å². The Morgan fingerprint density at radius 3 is 2.72 bits per heavy atom. The second-order valence-electron chi connectivity index (χ2n) is 7.79. The Morgan fingerprint density at radius 2 is 1.90 bits per heavy atom. The summed E-state index contributed by atoms with van der Waals surface area (Å²) in [4.78, 5) is 31.8. The molecule has 2 heterocycles. The van der Waals surface area contributed by atoms with Crippen molar-refractivity contribution in [2.45, 2.75) is 38.3 Å². The van der Waals surface area contributed by atoms with E-state index in [0.717, 1.165) is 41.1 Å². The highest BCUT2D eigenvalue weighted by molar-refractivity contribution is 7.13. The van der Waals surface area contributed by atoms with E-state index in [0.29, 0.717) is 0 Å². The average molecular weight is 404 g/mol. The lowest BCUT2D eigenvalue weighted by Gasteiger charge is -2.23. The fraction of sp³-hybridized carbons (Fsp3) is 0.261. The van der Waals surface area contributed by atoms with Crippen molar-refractivity contribution in [3.8, 4) is 10.6 Å². The summed E-state index contributed by atoms with van der Waals surface area (Å²) in [5.41, 5.74) is 4.20. The number of nitrogens with zero attached hydrogens (tertiary/aromatic N) is 2. The highest BCUT2D eigenvalue weighted by atomic mass is 32.1. The number of rotatable bonds is 4. The van der Waals surface area contributed by atoms with Crippen molar-refractivity contribution < 1.29 is 9.59 Å². The number of carbonyl (C=O) groups is 2. The predicted molar refractivity (Wildman–Crippen MR) is 112 cm³/mol. The zero-order chi connectivity index (χ0) is 20.0. The van der Waals surface area contributed by atoms with Gasteiger partial charge in [-0.05, 0) is 42.9 Å². The van der Waals surface area contributed by atoms with Crippen LogP contribution in [0.4, 0.5) is 4.79 Å². The highest BCUT2D eigenvalue weighted by Crippen LogP contribution is 2.33. The number of amides is 3. The molecule has 146 valence electrons. The molecule has 1 aromatic heterocycles. The molecule has 5 rings (SSSR count). The van der Waals surface area contributed by atoms with E-state index in [1.54, 1.807) is 6.92 Å². The molecule has 3 amide bonds. The number of hydrogen-bond donors (Lipinski definition) is 1. The SMILES string of the molecule is CC1(c2ccc3c(c2)CCC3)NC(=O)N(Cc2csc(-c3ccccc3)n2)C1=O. The summed E-state index contributed by atoms with van der Waals surface area (Å²) in [6, 6.07) is 15.7. The lowest BCUT2D eigenvalue weighted by Crippen LogP contribution is -2.41. The molecule has 6 heteroatoms. The Morgan fingerprint density at radius 1 is 1.10 bits per heavy atom. The van der Waals surface area contributed by atoms with Crippen molar-refractivity contribution in [3.05, 3.63) is 76.3 Å². The quantitative estimate of drug-likeness (QED) is 0.662. The summed E-state index contributed by atoms with van der Waals surface area (Å²) in [7, 11) is 0. The third-order valence-electron chi connectivity index (χ3n) is 5.84. The lowest BCUT2D eigenvalue weighted by molar-refractivity contribution is -0.131. The number of imide groups is 1. The number of carbonyl (C=O) groups excluding carboxylic acids is 2. The van der Waals surface area contributed by atoms with E-state index in [4.69, 9.17) is 0 Å². The first-order chi connectivity index (χ1) is 14.0. The molecule has 1 unspecified atom stereocenters. The number of fused-ring (bicyclic) bond motifs is 1. The minimum absolute atomic E-state index is 0.175. The Balaban J connectivity index is 1.39. The molecule has 1 fully saturated rings. The van der Waals surface area contributed by atoms with Crippen LogP contribution in [0, 0.1) is 0 Å². The van der Waals surface area contributed by atoms with E-state index in [1.807, 2.05) is 41.8 Å². The van der Waals surface area contributed by atoms with E-state index in [1.165, 1.54) is 27.4 Å². The molecule has 2 aliphatic rings. The Labute approximate surface area is 173 Å². The second-order valence-corrected chi connectivity index (χ2v) is 8.65. The van der Waals surface area contributed by atoms with Gasteiger partial charge in [0.25, 0.3) is 5.91 Å². The van der Waals surface area contributed by atoms with Gasteiger partial charge >= 0.3 is 6.03 Å². The maximum absolute atomic E-state index is 13.2. The third kappa shape index (κ3) is 3.04. The van der Waals surface area contributed by atoms with Crippen LogP contribution in [-0.4, -0.2) is 21.8 Å². The summed E-state index contributed by atoms with van der Waals surface area (Å²) in [5.74, 6) is -0.227. The fourth-order valence-electron chi connectivity index (χ4n) is 4.17. The van der Waals surface area contributed by atoms with E-state index in [2.05, 4.69) is 22.4 Å². The van der Waals surface area contributed by atoms with Gasteiger partial charge in [-0.2, -0.15) is 0 Å². The average Bonchev–Trinajstić information content (AvgIpc) is 3.44. The molecule has 1 N–H and O–H groups in total. The molecule has 0 bridgehead atoms. The van der Waals surface area contributed by atoms with Gasteiger partial charge in [0.05, 0.1) is 12.2 Å². The van der Waals surface area contributed by atoms with Crippen molar-refractivity contribution in [2.24, 2.45) is 0 Å². The molecule has 3 aromatic rings. The molecular formula is C23H21N3O2S. The predicted octanol–water partition coefficient (Wildman–Crippen LogP) is 4.27. The third-order valence-corrected chi connectivity index (χ3v) is 6.78. The number of urea groups is 1. The largest absolute Gasteiger partial charge is 0.325 e. The van der Waals surface area contributed by atoms with E-state index < -0.39 is 5.54 Å². The molecule has 1 atom stereocenters. The molecule has 1 aliphatic heterocycles. The normalized spacial score (nSPS) is 20.8. The van der Waals surface area contributed by atoms with E-state index >= 15 is 0 Å². The van der Waals surface area contributed by atoms with Gasteiger partial charge in [-0.15, -0.1) is 11.3 Å². The number of thiazole rings is 1. The van der Waals surface area contributed by atoms with Crippen LogP contribution in [0.3, 0.4) is 0 Å². The van der Waals surface area contributed by atoms with Gasteiger partial charge in [0, 0.05) is 10.9 Å². The van der Waals surface area contributed by atoms with Crippen molar-refractivity contribution in [1.29, 1.82) is 0 Å². The minimum atomic E-state index is -1.03. The van der Waals surface area contributed by atoms with Gasteiger partial charge in [0.1, 0.15) is 10.5 Å². The molecule has 2 aromatic carbocycles. The zero-order valence-electron chi connectivity index (χ0n) is 16.1. The smallest absolute Gasteiger partial charge is 0.319 e. The van der Waals surface area contributed by atoms with Gasteiger partial charge in [-0.25, -0.2) is 9.78 Å². The zero-order valence-corrected chi connectivity index (χ0v) is 17.0. The first-order valence-corrected chi connectivity index (χ1v) is 10.7. The monoisotopic (exact) mass is 403 g/mol. The molecule has 29 heavy (non-hydrogen) atoms. The van der Waals surface area contributed by atoms with Crippen molar-refractivity contribution in [2.75, 3.05) is 0 Å². The maximum Gasteiger partial charge on any atom is 0.325 e. The van der Waals surface area contributed by atoms with Crippen LogP contribution in [-0.2, 0) is 29.7 Å². The number of hydrogen-bond acceptors (Lipinski definition) is 4. The topological polar surface area (TPSA) is 62.3 Å². The van der Waals surface area contributed by atoms with Crippen LogP contribution in [0.25, 0.3) is 10.6 Å². The molecule has 0 saturated carbocycles. The number of benzene rings is 2. The Hall–Kier alpha value is -2.99. The number of aryl methyl sites for hydroxylation is 2. The van der Waals surface area contributed by atoms with Gasteiger partial charge in [-0.1, -0.05) is 48.5 Å². The molecular weight excluding hydrogens is 382 g/mol. The molecule has 5 nitrogen and oxygen atoms in total. The summed E-state index contributed by atoms with van der Waals surface area (Å²) < 4.78 is 0. The first-order valence-electron chi connectivity index (χ1n) is 9.81. The molecule has 0 radical (unpaired) electrons. The fourth-order valence-corrected chi connectivity index (χ4v) is 4.99. The van der Waals surface area contributed by atoms with Crippen LogP contribution < -0.4 is 5.32 Å². The lowest BCUT2D eigenvalue weighted by atomic mass is 9.89. The second kappa shape index (κ2) is 6.81. The molecule has 0 spiro atoms. The van der Waals surface area contributed by atoms with Gasteiger partial charge < -0.3 is 5.32 Å². The van der Waals surface area contributed by atoms with Crippen LogP contribution in [0.2, 0.25) is 0 Å². The van der Waals surface area contributed by atoms with Crippen LogP contribution in [0.5, 0.6) is 0 Å².